The van der Waals surface area contributed by atoms with Gasteiger partial charge in [-0.25, -0.2) is 0 Å². The van der Waals surface area contributed by atoms with Gasteiger partial charge < -0.3 is 14.4 Å². The van der Waals surface area contributed by atoms with Gasteiger partial charge >= 0.3 is 0 Å². The van der Waals surface area contributed by atoms with Crippen LogP contribution in [0.2, 0.25) is 0 Å². The number of carbonyl (C=O) groups excluding carboxylic acids is 2. The van der Waals surface area contributed by atoms with Crippen molar-refractivity contribution in [3.8, 4) is 0 Å². The van der Waals surface area contributed by atoms with Crippen LogP contribution in [0.15, 0.2) is 67.4 Å². The number of ketones is 2. The maximum atomic E-state index is 12.2. The first-order chi connectivity index (χ1) is 16.0. The molecule has 1 aliphatic heterocycles. The molecule has 0 amide bonds. The van der Waals surface area contributed by atoms with E-state index in [0.717, 1.165) is 49.4 Å². The molecule has 2 aromatic rings. The Kier molecular flexibility index (Phi) is 8.79. The Balaban J connectivity index is 1.48. The van der Waals surface area contributed by atoms with E-state index >= 15 is 0 Å². The first-order valence-electron chi connectivity index (χ1n) is 11.4. The highest BCUT2D eigenvalue weighted by Crippen LogP contribution is 2.18. The van der Waals surface area contributed by atoms with E-state index in [-0.39, 0.29) is 18.0 Å². The predicted octanol–water partition coefficient (Wildman–Crippen LogP) is 4.62. The van der Waals surface area contributed by atoms with Gasteiger partial charge in [-0.15, -0.1) is 0 Å². The van der Waals surface area contributed by atoms with Gasteiger partial charge in [-0.3, -0.25) is 9.59 Å². The fraction of sp³-hybridized carbons (Fsp3) is 0.286. The Bertz CT molecular complexity index is 1060. The summed E-state index contributed by atoms with van der Waals surface area (Å²) in [5.41, 5.74) is 4.19. The molecular formula is C28H33N3O2. The Labute approximate surface area is 197 Å². The lowest BCUT2D eigenvalue weighted by molar-refractivity contribution is -0.121. The molecule has 33 heavy (non-hydrogen) atoms. The third-order valence-corrected chi connectivity index (χ3v) is 5.81. The molecular weight excluding hydrogens is 410 g/mol. The van der Waals surface area contributed by atoms with E-state index in [9.17, 15) is 9.59 Å². The summed E-state index contributed by atoms with van der Waals surface area (Å²) >= 11 is 0. The number of nitrogens with zero attached hydrogens (tertiary/aromatic N) is 3. The molecule has 0 atom stereocenters. The topological polar surface area (TPSA) is 45.6 Å². The number of allylic oxidation sites excluding steroid dienone is 4. The monoisotopic (exact) mass is 443 g/mol. The minimum Gasteiger partial charge on any atom is -0.370 e. The summed E-state index contributed by atoms with van der Waals surface area (Å²) < 4.78 is 1.98. The van der Waals surface area contributed by atoms with Crippen LogP contribution in [0.4, 0.5) is 5.69 Å². The number of rotatable bonds is 9. The smallest absolute Gasteiger partial charge is 0.163 e. The van der Waals surface area contributed by atoms with Crippen LogP contribution < -0.4 is 4.90 Å². The number of anilines is 1. The second kappa shape index (κ2) is 12.0. The van der Waals surface area contributed by atoms with Crippen LogP contribution >= 0.6 is 0 Å². The number of aromatic nitrogens is 1. The van der Waals surface area contributed by atoms with Crippen LogP contribution in [0.5, 0.6) is 0 Å². The van der Waals surface area contributed by atoms with E-state index < -0.39 is 0 Å². The summed E-state index contributed by atoms with van der Waals surface area (Å²) in [6, 6.07) is 10.2. The molecule has 0 radical (unpaired) electrons. The maximum absolute atomic E-state index is 12.2. The quantitative estimate of drug-likeness (QED) is 0.322. The van der Waals surface area contributed by atoms with E-state index in [4.69, 9.17) is 0 Å². The number of carbonyl (C=O) groups is 2. The van der Waals surface area contributed by atoms with Crippen molar-refractivity contribution in [2.45, 2.75) is 12.8 Å². The van der Waals surface area contributed by atoms with Crippen LogP contribution in [0.25, 0.3) is 18.2 Å². The van der Waals surface area contributed by atoms with Gasteiger partial charge in [0.2, 0.25) is 0 Å². The molecule has 5 heteroatoms. The first kappa shape index (κ1) is 24.2. The zero-order valence-electron chi connectivity index (χ0n) is 19.6. The van der Waals surface area contributed by atoms with Gasteiger partial charge in [0.15, 0.2) is 11.6 Å². The largest absolute Gasteiger partial charge is 0.370 e. The molecule has 1 aliphatic rings. The van der Waals surface area contributed by atoms with Crippen LogP contribution in [0, 0.1) is 0 Å². The average molecular weight is 444 g/mol. The summed E-state index contributed by atoms with van der Waals surface area (Å²) in [5, 5.41) is 0. The normalized spacial score (nSPS) is 15.5. The molecule has 5 nitrogen and oxygen atoms in total. The zero-order chi connectivity index (χ0) is 23.6. The van der Waals surface area contributed by atoms with Gasteiger partial charge in [-0.1, -0.05) is 43.0 Å². The molecule has 0 N–H and O–H groups in total. The third kappa shape index (κ3) is 7.29. The van der Waals surface area contributed by atoms with Crippen LogP contribution in [-0.4, -0.2) is 54.3 Å². The van der Waals surface area contributed by atoms with E-state index in [1.807, 2.05) is 42.1 Å². The summed E-state index contributed by atoms with van der Waals surface area (Å²) in [6.07, 6.45) is 14.8. The predicted molar refractivity (Wildman–Crippen MR) is 138 cm³/mol. The highest BCUT2D eigenvalue weighted by molar-refractivity contribution is 6.09. The lowest BCUT2D eigenvalue weighted by atomic mass is 10.1. The van der Waals surface area contributed by atoms with E-state index in [2.05, 4.69) is 35.6 Å². The number of hydrogen-bond acceptors (Lipinski definition) is 4. The molecule has 0 spiro atoms. The fourth-order valence-electron chi connectivity index (χ4n) is 3.84. The van der Waals surface area contributed by atoms with Crippen molar-refractivity contribution in [1.82, 2.24) is 9.47 Å². The first-order valence-corrected chi connectivity index (χ1v) is 11.4. The summed E-state index contributed by atoms with van der Waals surface area (Å²) in [5.74, 6) is -0.420. The molecule has 1 fully saturated rings. The van der Waals surface area contributed by atoms with Crippen LogP contribution in [0.1, 0.15) is 29.7 Å². The van der Waals surface area contributed by atoms with E-state index in [1.54, 1.807) is 24.3 Å². The van der Waals surface area contributed by atoms with Crippen molar-refractivity contribution in [3.63, 3.8) is 0 Å². The Morgan fingerprint density at radius 3 is 2.42 bits per heavy atom. The molecule has 172 valence electrons. The Morgan fingerprint density at radius 1 is 0.909 bits per heavy atom. The maximum Gasteiger partial charge on any atom is 0.163 e. The summed E-state index contributed by atoms with van der Waals surface area (Å²) in [6.45, 7) is 8.08. The van der Waals surface area contributed by atoms with Crippen LogP contribution in [0.3, 0.4) is 0 Å². The van der Waals surface area contributed by atoms with Crippen molar-refractivity contribution in [2.75, 3.05) is 38.1 Å². The third-order valence-electron chi connectivity index (χ3n) is 5.81. The van der Waals surface area contributed by atoms with Crippen molar-refractivity contribution in [1.29, 1.82) is 0 Å². The van der Waals surface area contributed by atoms with Crippen LogP contribution in [-0.2, 0) is 16.6 Å². The molecule has 0 saturated carbocycles. The molecule has 3 rings (SSSR count). The molecule has 1 aromatic carbocycles. The average Bonchev–Trinajstić information content (AvgIpc) is 3.02. The second-order valence-electron chi connectivity index (χ2n) is 8.37. The second-order valence-corrected chi connectivity index (χ2v) is 8.37. The van der Waals surface area contributed by atoms with Gasteiger partial charge in [0.25, 0.3) is 0 Å². The highest BCUT2D eigenvalue weighted by atomic mass is 16.1. The van der Waals surface area contributed by atoms with Crippen molar-refractivity contribution in [3.05, 3.63) is 84.2 Å². The molecule has 2 heterocycles. The molecule has 1 aromatic heterocycles. The summed E-state index contributed by atoms with van der Waals surface area (Å²) in [7, 11) is 4.11. The zero-order valence-corrected chi connectivity index (χ0v) is 19.6. The van der Waals surface area contributed by atoms with Gasteiger partial charge in [-0.05, 0) is 67.6 Å². The minimum atomic E-state index is -0.216. The number of likely N-dealkylation sites (N-methyl/N-ethyl adjacent to an activating group) is 1. The van der Waals surface area contributed by atoms with Gasteiger partial charge in [0.05, 0.1) is 6.42 Å². The van der Waals surface area contributed by atoms with Gasteiger partial charge in [0.1, 0.15) is 0 Å². The number of benzene rings is 1. The lowest BCUT2D eigenvalue weighted by Crippen LogP contribution is -2.28. The van der Waals surface area contributed by atoms with Crippen molar-refractivity contribution < 1.29 is 9.59 Å². The number of hydrogen-bond donors (Lipinski definition) is 0. The Hall–Kier alpha value is -3.44. The summed E-state index contributed by atoms with van der Waals surface area (Å²) in [4.78, 5) is 29.0. The standard InChI is InChI=1S/C28H33N3O2/c1-4-24-16-19-30(3)28(24)9-6-5-8-26(32)22-27(33)15-12-23-10-13-25(14-11-23)31-18-7-17-29(2)20-21-31/h4-6,8-16,19H,1,7,17-18,20-22H2,2-3H3/b8-5+,9-6+,15-12+. The lowest BCUT2D eigenvalue weighted by Gasteiger charge is -2.22. The van der Waals surface area contributed by atoms with E-state index in [1.165, 1.54) is 17.8 Å². The minimum absolute atomic E-state index is 0.137. The molecule has 1 saturated heterocycles. The SMILES string of the molecule is C=Cc1ccn(C)c1/C=C/C=C/C(=O)CC(=O)/C=C/c1ccc(N2CCCN(C)CC2)cc1. The van der Waals surface area contributed by atoms with Crippen molar-refractivity contribution in [2.24, 2.45) is 7.05 Å². The molecule has 0 bridgehead atoms. The van der Waals surface area contributed by atoms with E-state index in [0.29, 0.717) is 0 Å². The van der Waals surface area contributed by atoms with Gasteiger partial charge in [-0.2, -0.15) is 0 Å². The fourth-order valence-corrected chi connectivity index (χ4v) is 3.84. The molecule has 0 unspecified atom stereocenters. The number of aryl methyl sites for hydroxylation is 1. The Morgan fingerprint density at radius 2 is 1.67 bits per heavy atom. The van der Waals surface area contributed by atoms with Gasteiger partial charge in [0, 0.05) is 44.3 Å². The molecule has 0 aliphatic carbocycles. The highest BCUT2D eigenvalue weighted by Gasteiger charge is 2.12. The van der Waals surface area contributed by atoms with Crippen molar-refractivity contribution >= 4 is 35.5 Å².